The summed E-state index contributed by atoms with van der Waals surface area (Å²) in [6, 6.07) is 21.2. The SMILES string of the molecule is CS[C@@H]1OC(CO)[C@@H](O)[C@H](C)C1C.CS[C@@H]1OC(CO[Si](c2ccccc2)(c2ccccc2)C(C)(C)C)[C@@H](O)[C@H](C)C1C. The van der Waals surface area contributed by atoms with Gasteiger partial charge in [0.25, 0.3) is 8.32 Å². The Balaban J connectivity index is 0.000000326. The predicted octanol–water partition coefficient (Wildman–Crippen LogP) is 4.98. The normalized spacial score (nSPS) is 33.4. The Morgan fingerprint density at radius 2 is 1.09 bits per heavy atom. The van der Waals surface area contributed by atoms with Gasteiger partial charge in [0, 0.05) is 0 Å². The van der Waals surface area contributed by atoms with E-state index in [0.29, 0.717) is 18.4 Å². The quantitative estimate of drug-likeness (QED) is 0.345. The Morgan fingerprint density at radius 1 is 0.698 bits per heavy atom. The topological polar surface area (TPSA) is 88.4 Å². The van der Waals surface area contributed by atoms with Crippen LogP contribution < -0.4 is 10.4 Å². The summed E-state index contributed by atoms with van der Waals surface area (Å²) in [5.41, 5.74) is 0.173. The van der Waals surface area contributed by atoms with Crippen LogP contribution in [0.1, 0.15) is 48.5 Å². The van der Waals surface area contributed by atoms with E-state index in [1.165, 1.54) is 10.4 Å². The number of aliphatic hydroxyl groups is 3. The third-order valence-electron chi connectivity index (χ3n) is 9.50. The van der Waals surface area contributed by atoms with Gasteiger partial charge in [-0.3, -0.25) is 0 Å². The molecule has 2 heterocycles. The van der Waals surface area contributed by atoms with Crippen LogP contribution in [0, 0.1) is 23.7 Å². The van der Waals surface area contributed by atoms with E-state index in [0.717, 1.165) is 0 Å². The molecule has 2 saturated heterocycles. The number of hydrogen-bond donors (Lipinski definition) is 3. The maximum absolute atomic E-state index is 11.0. The molecule has 0 radical (unpaired) electrons. The van der Waals surface area contributed by atoms with E-state index in [2.05, 4.69) is 108 Å². The third-order valence-corrected chi connectivity index (χ3v) is 16.5. The maximum Gasteiger partial charge on any atom is 0.261 e. The average Bonchev–Trinajstić information content (AvgIpc) is 3.01. The smallest absolute Gasteiger partial charge is 0.261 e. The van der Waals surface area contributed by atoms with Crippen LogP contribution in [0.3, 0.4) is 0 Å². The molecule has 2 aliphatic rings. The minimum atomic E-state index is -2.63. The van der Waals surface area contributed by atoms with E-state index in [9.17, 15) is 10.2 Å². The van der Waals surface area contributed by atoms with Gasteiger partial charge >= 0.3 is 0 Å². The van der Waals surface area contributed by atoms with Crippen molar-refractivity contribution in [2.45, 2.75) is 88.8 Å². The van der Waals surface area contributed by atoms with Crippen LogP contribution in [0.2, 0.25) is 5.04 Å². The van der Waals surface area contributed by atoms with Crippen LogP contribution in [-0.4, -0.2) is 84.7 Å². The summed E-state index contributed by atoms with van der Waals surface area (Å²) in [6.07, 6.45) is 2.26. The molecule has 3 N–H and O–H groups in total. The van der Waals surface area contributed by atoms with Crippen molar-refractivity contribution in [2.24, 2.45) is 23.7 Å². The zero-order valence-electron chi connectivity index (χ0n) is 27.3. The van der Waals surface area contributed by atoms with Crippen molar-refractivity contribution in [1.82, 2.24) is 0 Å². The van der Waals surface area contributed by atoms with Gasteiger partial charge < -0.3 is 29.2 Å². The standard InChI is InChI=1S/C25H36O3SSi.C9H18O3S/c1-18-19(2)24(29-6)28-22(23(18)26)17-27-30(25(3,4)5,20-13-9-7-10-14-20)21-15-11-8-12-16-21;1-5-6(2)9(13-3)12-7(4-10)8(5)11/h7-16,18-19,22-24,26H,17H2,1-6H3;5-11H,4H2,1-3H3/t18-,19?,22?,23+,24+;5-,6?,7?,8+,9+/m11/s1. The first-order chi connectivity index (χ1) is 20.3. The Bertz CT molecular complexity index is 1030. The second kappa shape index (κ2) is 16.1. The predicted molar refractivity (Wildman–Crippen MR) is 184 cm³/mol. The Hall–Kier alpha value is -0.883. The molecule has 0 spiro atoms. The van der Waals surface area contributed by atoms with Crippen LogP contribution in [0.4, 0.5) is 0 Å². The Kier molecular flexibility index (Phi) is 13.7. The van der Waals surface area contributed by atoms with Crippen LogP contribution >= 0.6 is 23.5 Å². The minimum absolute atomic E-state index is 0.0798. The summed E-state index contributed by atoms with van der Waals surface area (Å²) in [7, 11) is -2.63. The van der Waals surface area contributed by atoms with Crippen molar-refractivity contribution in [1.29, 1.82) is 0 Å². The highest BCUT2D eigenvalue weighted by Crippen LogP contribution is 2.39. The lowest BCUT2D eigenvalue weighted by Gasteiger charge is -2.46. The van der Waals surface area contributed by atoms with Crippen molar-refractivity contribution in [3.63, 3.8) is 0 Å². The highest BCUT2D eigenvalue weighted by atomic mass is 32.2. The highest BCUT2D eigenvalue weighted by molar-refractivity contribution is 7.99. The van der Waals surface area contributed by atoms with Gasteiger partial charge in [-0.2, -0.15) is 0 Å². The van der Waals surface area contributed by atoms with Crippen LogP contribution in [0.5, 0.6) is 0 Å². The van der Waals surface area contributed by atoms with Crippen molar-refractivity contribution in [3.8, 4) is 0 Å². The molecule has 4 unspecified atom stereocenters. The molecule has 0 bridgehead atoms. The molecule has 9 heteroatoms. The molecule has 242 valence electrons. The summed E-state index contributed by atoms with van der Waals surface area (Å²) < 4.78 is 18.9. The molecule has 0 saturated carbocycles. The molecular weight excluding hydrogens is 597 g/mol. The molecule has 2 fully saturated rings. The van der Waals surface area contributed by atoms with E-state index in [1.54, 1.807) is 23.5 Å². The molecular formula is C34H54O6S2Si. The summed E-state index contributed by atoms with van der Waals surface area (Å²) in [5.74, 6) is 0.985. The first-order valence-electron chi connectivity index (χ1n) is 15.4. The molecule has 6 nitrogen and oxygen atoms in total. The molecule has 2 aromatic carbocycles. The Morgan fingerprint density at radius 3 is 1.47 bits per heavy atom. The fourth-order valence-corrected chi connectivity index (χ4v) is 12.8. The Labute approximate surface area is 269 Å². The van der Waals surface area contributed by atoms with Crippen molar-refractivity contribution < 1.29 is 29.2 Å². The molecule has 2 aromatic rings. The van der Waals surface area contributed by atoms with Crippen LogP contribution in [-0.2, 0) is 13.9 Å². The molecule has 0 aliphatic carbocycles. The lowest BCUT2D eigenvalue weighted by Crippen LogP contribution is -2.67. The fourth-order valence-electron chi connectivity index (χ4n) is 6.35. The van der Waals surface area contributed by atoms with Gasteiger partial charge in [-0.15, -0.1) is 23.5 Å². The average molecular weight is 651 g/mol. The van der Waals surface area contributed by atoms with E-state index in [4.69, 9.17) is 19.0 Å². The first kappa shape index (κ1) is 36.6. The zero-order valence-corrected chi connectivity index (χ0v) is 30.0. The fraction of sp³-hybridized carbons (Fsp3) is 0.647. The van der Waals surface area contributed by atoms with Crippen molar-refractivity contribution >= 4 is 42.2 Å². The number of hydrogen-bond acceptors (Lipinski definition) is 8. The van der Waals surface area contributed by atoms with E-state index in [-0.39, 0.29) is 40.5 Å². The van der Waals surface area contributed by atoms with Crippen molar-refractivity contribution in [2.75, 3.05) is 25.7 Å². The maximum atomic E-state index is 11.0. The molecule has 4 rings (SSSR count). The number of thioether (sulfide) groups is 2. The lowest BCUT2D eigenvalue weighted by molar-refractivity contribution is -0.152. The molecule has 2 aliphatic heterocycles. The van der Waals surface area contributed by atoms with Gasteiger partial charge in [-0.1, -0.05) is 109 Å². The van der Waals surface area contributed by atoms with Gasteiger partial charge in [-0.05, 0) is 51.6 Å². The summed E-state index contributed by atoms with van der Waals surface area (Å²) >= 11 is 3.35. The number of aliphatic hydroxyl groups excluding tert-OH is 3. The van der Waals surface area contributed by atoms with Gasteiger partial charge in [0.1, 0.15) is 23.1 Å². The number of benzene rings is 2. The second-order valence-electron chi connectivity index (χ2n) is 13.1. The van der Waals surface area contributed by atoms with E-state index >= 15 is 0 Å². The zero-order chi connectivity index (χ0) is 31.9. The monoisotopic (exact) mass is 650 g/mol. The van der Waals surface area contributed by atoms with Gasteiger partial charge in [0.05, 0.1) is 25.4 Å². The molecule has 43 heavy (non-hydrogen) atoms. The van der Waals surface area contributed by atoms with Crippen LogP contribution in [0.25, 0.3) is 0 Å². The first-order valence-corrected chi connectivity index (χ1v) is 19.9. The van der Waals surface area contributed by atoms with Crippen LogP contribution in [0.15, 0.2) is 60.7 Å². The minimum Gasteiger partial charge on any atom is -0.405 e. The third kappa shape index (κ3) is 8.10. The summed E-state index contributed by atoms with van der Waals surface area (Å²) in [6.45, 7) is 15.5. The molecule has 0 amide bonds. The molecule has 10 atom stereocenters. The number of ether oxygens (including phenoxy) is 2. The largest absolute Gasteiger partial charge is 0.405 e. The van der Waals surface area contributed by atoms with E-state index < -0.39 is 26.6 Å². The van der Waals surface area contributed by atoms with Gasteiger partial charge in [0.2, 0.25) is 0 Å². The highest BCUT2D eigenvalue weighted by Gasteiger charge is 2.51. The summed E-state index contributed by atoms with van der Waals surface area (Å²) in [5, 5.41) is 32.1. The van der Waals surface area contributed by atoms with Gasteiger partial charge in [0.15, 0.2) is 0 Å². The van der Waals surface area contributed by atoms with Gasteiger partial charge in [-0.25, -0.2) is 0 Å². The molecule has 0 aromatic heterocycles. The van der Waals surface area contributed by atoms with Crippen molar-refractivity contribution in [3.05, 3.63) is 60.7 Å². The second-order valence-corrected chi connectivity index (χ2v) is 19.3. The summed E-state index contributed by atoms with van der Waals surface area (Å²) in [4.78, 5) is 0. The number of rotatable bonds is 8. The lowest BCUT2D eigenvalue weighted by atomic mass is 9.86. The van der Waals surface area contributed by atoms with E-state index in [1.807, 2.05) is 13.2 Å².